The topological polar surface area (TPSA) is 79.5 Å². The summed E-state index contributed by atoms with van der Waals surface area (Å²) in [6.07, 6.45) is 3.55. The van der Waals surface area contributed by atoms with Crippen molar-refractivity contribution in [2.45, 2.75) is 32.6 Å². The highest BCUT2D eigenvalue weighted by molar-refractivity contribution is 5.88. The Labute approximate surface area is 121 Å². The van der Waals surface area contributed by atoms with Crippen LogP contribution in [0.4, 0.5) is 0 Å². The van der Waals surface area contributed by atoms with Crippen LogP contribution in [0.25, 0.3) is 0 Å². The number of amides is 2. The van der Waals surface area contributed by atoms with Crippen molar-refractivity contribution in [2.24, 2.45) is 5.41 Å². The van der Waals surface area contributed by atoms with Crippen molar-refractivity contribution in [1.29, 1.82) is 0 Å². The van der Waals surface area contributed by atoms with Crippen LogP contribution in [0.15, 0.2) is 0 Å². The van der Waals surface area contributed by atoms with Crippen LogP contribution >= 0.6 is 0 Å². The molecule has 0 spiro atoms. The van der Waals surface area contributed by atoms with Gasteiger partial charge in [0.2, 0.25) is 11.8 Å². The molecule has 6 nitrogen and oxygen atoms in total. The van der Waals surface area contributed by atoms with E-state index in [1.165, 1.54) is 0 Å². The van der Waals surface area contributed by atoms with E-state index in [2.05, 4.69) is 22.9 Å². The summed E-state index contributed by atoms with van der Waals surface area (Å²) in [6.45, 7) is 4.82. The van der Waals surface area contributed by atoms with Gasteiger partial charge in [-0.1, -0.05) is 13.3 Å². The van der Waals surface area contributed by atoms with Crippen LogP contribution in [0.1, 0.15) is 32.6 Å². The van der Waals surface area contributed by atoms with Gasteiger partial charge in [-0.25, -0.2) is 0 Å². The van der Waals surface area contributed by atoms with Gasteiger partial charge in [0, 0.05) is 13.7 Å². The first kappa shape index (κ1) is 16.9. The molecule has 0 unspecified atom stereocenters. The van der Waals surface area contributed by atoms with Crippen LogP contribution in [0, 0.1) is 5.41 Å². The highest BCUT2D eigenvalue weighted by Gasteiger charge is 2.38. The second kappa shape index (κ2) is 8.92. The smallest absolute Gasteiger partial charge is 0.239 e. The first-order valence-corrected chi connectivity index (χ1v) is 7.39. The van der Waals surface area contributed by atoms with Crippen molar-refractivity contribution in [3.05, 3.63) is 0 Å². The Balaban J connectivity index is 2.40. The molecule has 1 heterocycles. The fraction of sp³-hybridized carbons (Fsp3) is 0.857. The van der Waals surface area contributed by atoms with Gasteiger partial charge >= 0.3 is 0 Å². The molecule has 0 aromatic carbocycles. The summed E-state index contributed by atoms with van der Waals surface area (Å²) >= 11 is 0. The third kappa shape index (κ3) is 5.09. The van der Waals surface area contributed by atoms with Crippen LogP contribution in [0.2, 0.25) is 0 Å². The van der Waals surface area contributed by atoms with Gasteiger partial charge in [-0.05, 0) is 32.4 Å². The van der Waals surface area contributed by atoms with Crippen molar-refractivity contribution in [3.8, 4) is 0 Å². The van der Waals surface area contributed by atoms with Gasteiger partial charge in [0.15, 0.2) is 0 Å². The highest BCUT2D eigenvalue weighted by Crippen LogP contribution is 2.34. The highest BCUT2D eigenvalue weighted by atomic mass is 16.5. The summed E-state index contributed by atoms with van der Waals surface area (Å²) in [7, 11) is 1.58. The molecule has 0 radical (unpaired) electrons. The maximum Gasteiger partial charge on any atom is 0.239 e. The van der Waals surface area contributed by atoms with Crippen LogP contribution < -0.4 is 16.0 Å². The van der Waals surface area contributed by atoms with Crippen molar-refractivity contribution in [1.82, 2.24) is 16.0 Å². The molecule has 6 heteroatoms. The number of carbonyl (C=O) groups is 2. The Bertz CT molecular complexity index is 309. The number of hydrogen-bond acceptors (Lipinski definition) is 4. The van der Waals surface area contributed by atoms with E-state index in [9.17, 15) is 9.59 Å². The van der Waals surface area contributed by atoms with E-state index < -0.39 is 0 Å². The molecule has 1 saturated heterocycles. The zero-order chi connectivity index (χ0) is 14.8. The summed E-state index contributed by atoms with van der Waals surface area (Å²) in [5.74, 6) is -0.154. The minimum atomic E-state index is -0.299. The monoisotopic (exact) mass is 285 g/mol. The molecule has 20 heavy (non-hydrogen) atoms. The van der Waals surface area contributed by atoms with Gasteiger partial charge in [0.25, 0.3) is 0 Å². The van der Waals surface area contributed by atoms with Crippen molar-refractivity contribution in [3.63, 3.8) is 0 Å². The van der Waals surface area contributed by atoms with Crippen molar-refractivity contribution in [2.75, 3.05) is 39.9 Å². The third-order valence-electron chi connectivity index (χ3n) is 3.81. The maximum atomic E-state index is 12.4. The molecule has 0 aromatic rings. The Morgan fingerprint density at radius 3 is 2.55 bits per heavy atom. The minimum Gasteiger partial charge on any atom is -0.383 e. The largest absolute Gasteiger partial charge is 0.383 e. The van der Waals surface area contributed by atoms with Crippen molar-refractivity contribution < 1.29 is 14.3 Å². The Hall–Kier alpha value is -1.14. The predicted octanol–water partition coefficient (Wildman–Crippen LogP) is 0.0351. The van der Waals surface area contributed by atoms with Crippen LogP contribution in [-0.2, 0) is 14.3 Å². The van der Waals surface area contributed by atoms with E-state index in [4.69, 9.17) is 4.74 Å². The van der Waals surface area contributed by atoms with E-state index >= 15 is 0 Å². The number of piperidine rings is 1. The van der Waals surface area contributed by atoms with Gasteiger partial charge in [-0.2, -0.15) is 0 Å². The second-order valence-electron chi connectivity index (χ2n) is 5.31. The molecule has 0 bridgehead atoms. The fourth-order valence-corrected chi connectivity index (χ4v) is 2.68. The molecule has 0 saturated carbocycles. The Morgan fingerprint density at radius 2 is 1.95 bits per heavy atom. The van der Waals surface area contributed by atoms with Gasteiger partial charge in [-0.15, -0.1) is 0 Å². The van der Waals surface area contributed by atoms with E-state index in [-0.39, 0.29) is 23.8 Å². The van der Waals surface area contributed by atoms with Gasteiger partial charge in [-0.3, -0.25) is 9.59 Å². The molecular formula is C14H27N3O3. The van der Waals surface area contributed by atoms with E-state index in [1.807, 2.05) is 0 Å². The molecule has 0 aromatic heterocycles. The number of rotatable bonds is 8. The standard InChI is InChI=1S/C14H27N3O3/c1-3-4-14(5-7-15-8-6-14)13(19)17-11-12(18)16-9-10-20-2/h15H,3-11H2,1-2H3,(H,16,18)(H,17,19). The summed E-state index contributed by atoms with van der Waals surface area (Å²) in [5.41, 5.74) is -0.299. The zero-order valence-corrected chi connectivity index (χ0v) is 12.6. The summed E-state index contributed by atoms with van der Waals surface area (Å²) in [4.78, 5) is 24.0. The molecule has 2 amide bonds. The van der Waals surface area contributed by atoms with Crippen molar-refractivity contribution >= 4 is 11.8 Å². The van der Waals surface area contributed by atoms with E-state index in [1.54, 1.807) is 7.11 Å². The normalized spacial score (nSPS) is 17.5. The minimum absolute atomic E-state index is 0.0164. The summed E-state index contributed by atoms with van der Waals surface area (Å²) in [6, 6.07) is 0. The first-order valence-electron chi connectivity index (χ1n) is 7.39. The lowest BCUT2D eigenvalue weighted by Crippen LogP contribution is -2.49. The van der Waals surface area contributed by atoms with Crippen LogP contribution in [-0.4, -0.2) is 51.7 Å². The van der Waals surface area contributed by atoms with Crippen LogP contribution in [0.5, 0.6) is 0 Å². The SMILES string of the molecule is CCCC1(C(=O)NCC(=O)NCCOC)CCNCC1. The molecule has 1 aliphatic heterocycles. The lowest BCUT2D eigenvalue weighted by atomic mass is 9.74. The number of nitrogens with one attached hydrogen (secondary N) is 3. The van der Waals surface area contributed by atoms with E-state index in [0.29, 0.717) is 13.2 Å². The molecule has 1 aliphatic rings. The number of ether oxygens (including phenoxy) is 1. The quantitative estimate of drug-likeness (QED) is 0.550. The third-order valence-corrected chi connectivity index (χ3v) is 3.81. The lowest BCUT2D eigenvalue weighted by Gasteiger charge is -2.36. The number of methoxy groups -OCH3 is 1. The average molecular weight is 285 g/mol. The molecule has 116 valence electrons. The van der Waals surface area contributed by atoms with Gasteiger partial charge in [0.1, 0.15) is 0 Å². The molecular weight excluding hydrogens is 258 g/mol. The summed E-state index contributed by atoms with van der Waals surface area (Å²) in [5, 5.41) is 8.76. The van der Waals surface area contributed by atoms with Gasteiger partial charge < -0.3 is 20.7 Å². The predicted molar refractivity (Wildman–Crippen MR) is 77.3 cm³/mol. The molecule has 3 N–H and O–H groups in total. The van der Waals surface area contributed by atoms with Gasteiger partial charge in [0.05, 0.1) is 18.6 Å². The molecule has 0 atom stereocenters. The number of hydrogen-bond donors (Lipinski definition) is 3. The number of carbonyl (C=O) groups excluding carboxylic acids is 2. The van der Waals surface area contributed by atoms with Crippen LogP contribution in [0.3, 0.4) is 0 Å². The molecule has 1 rings (SSSR count). The zero-order valence-electron chi connectivity index (χ0n) is 12.6. The Kier molecular flexibility index (Phi) is 7.54. The fourth-order valence-electron chi connectivity index (χ4n) is 2.68. The molecule has 0 aliphatic carbocycles. The second-order valence-corrected chi connectivity index (χ2v) is 5.31. The molecule has 1 fully saturated rings. The lowest BCUT2D eigenvalue weighted by molar-refractivity contribution is -0.135. The Morgan fingerprint density at radius 1 is 1.25 bits per heavy atom. The van der Waals surface area contributed by atoms with E-state index in [0.717, 1.165) is 38.8 Å². The first-order chi connectivity index (χ1) is 9.64. The maximum absolute atomic E-state index is 12.4. The average Bonchev–Trinajstić information content (AvgIpc) is 2.46. The summed E-state index contributed by atoms with van der Waals surface area (Å²) < 4.78 is 4.85.